The van der Waals surface area contributed by atoms with Crippen LogP contribution in [0.1, 0.15) is 53.0 Å². The molecule has 32 heavy (non-hydrogen) atoms. The van der Waals surface area contributed by atoms with Crippen LogP contribution in [0.2, 0.25) is 0 Å². The molecule has 3 aliphatic carbocycles. The molecule has 3 aromatic rings. The highest BCUT2D eigenvalue weighted by Crippen LogP contribution is 2.55. The van der Waals surface area contributed by atoms with Crippen LogP contribution in [0, 0.1) is 5.92 Å². The molecule has 6 rings (SSSR count). The number of amides is 2. The zero-order valence-corrected chi connectivity index (χ0v) is 18.0. The van der Waals surface area contributed by atoms with E-state index >= 15 is 0 Å². The molecule has 4 heteroatoms. The van der Waals surface area contributed by atoms with E-state index in [1.165, 1.54) is 29.2 Å². The molecule has 0 saturated carbocycles. The van der Waals surface area contributed by atoms with Crippen molar-refractivity contribution < 1.29 is 9.59 Å². The largest absolute Gasteiger partial charge is 0.352 e. The number of benzene rings is 3. The van der Waals surface area contributed by atoms with E-state index in [1.54, 1.807) is 12.2 Å². The summed E-state index contributed by atoms with van der Waals surface area (Å²) < 4.78 is 0. The molecule has 0 radical (unpaired) electrons. The highest BCUT2D eigenvalue weighted by Gasteiger charge is 2.42. The topological polar surface area (TPSA) is 58.2 Å². The molecule has 0 heterocycles. The molecule has 1 unspecified atom stereocenters. The van der Waals surface area contributed by atoms with Gasteiger partial charge in [-0.1, -0.05) is 60.7 Å². The quantitative estimate of drug-likeness (QED) is 0.564. The Morgan fingerprint density at radius 3 is 2.06 bits per heavy atom. The van der Waals surface area contributed by atoms with Gasteiger partial charge in [-0.3, -0.25) is 9.59 Å². The Bertz CT molecular complexity index is 1150. The minimum Gasteiger partial charge on any atom is -0.352 e. The molecular weight excluding hydrogens is 396 g/mol. The van der Waals surface area contributed by atoms with Gasteiger partial charge in [-0.15, -0.1) is 0 Å². The van der Waals surface area contributed by atoms with Crippen LogP contribution in [0.4, 0.5) is 5.69 Å². The maximum atomic E-state index is 12.5. The van der Waals surface area contributed by atoms with E-state index in [0.29, 0.717) is 24.3 Å². The fourth-order valence-corrected chi connectivity index (χ4v) is 5.30. The van der Waals surface area contributed by atoms with Crippen molar-refractivity contribution in [2.24, 2.45) is 5.92 Å². The summed E-state index contributed by atoms with van der Waals surface area (Å²) in [7, 11) is 0. The predicted octanol–water partition coefficient (Wildman–Crippen LogP) is 5.07. The molecule has 0 aromatic heterocycles. The van der Waals surface area contributed by atoms with Crippen LogP contribution in [0.3, 0.4) is 0 Å². The average molecular weight is 423 g/mol. The van der Waals surface area contributed by atoms with Gasteiger partial charge >= 0.3 is 0 Å². The zero-order valence-electron chi connectivity index (χ0n) is 18.0. The number of carbonyl (C=O) groups is 2. The van der Waals surface area contributed by atoms with Crippen LogP contribution in [-0.4, -0.2) is 18.4 Å². The first-order valence-electron chi connectivity index (χ1n) is 11.1. The first-order valence-corrected chi connectivity index (χ1v) is 11.1. The van der Waals surface area contributed by atoms with Crippen molar-refractivity contribution in [1.82, 2.24) is 5.32 Å². The van der Waals surface area contributed by atoms with Crippen molar-refractivity contribution in [2.75, 3.05) is 11.9 Å². The summed E-state index contributed by atoms with van der Waals surface area (Å²) in [6.45, 7) is 2.14. The van der Waals surface area contributed by atoms with Crippen molar-refractivity contribution in [2.45, 2.75) is 25.2 Å². The molecule has 3 aromatic carbocycles. The summed E-state index contributed by atoms with van der Waals surface area (Å²) in [6.07, 6.45) is 4.44. The molecule has 4 nitrogen and oxygen atoms in total. The van der Waals surface area contributed by atoms with E-state index in [-0.39, 0.29) is 11.8 Å². The van der Waals surface area contributed by atoms with E-state index in [1.807, 2.05) is 24.3 Å². The molecule has 160 valence electrons. The van der Waals surface area contributed by atoms with Crippen LogP contribution >= 0.6 is 0 Å². The second-order valence-electron chi connectivity index (χ2n) is 8.67. The van der Waals surface area contributed by atoms with Crippen LogP contribution in [0.15, 0.2) is 78.9 Å². The Kier molecular flexibility index (Phi) is 5.36. The van der Waals surface area contributed by atoms with Gasteiger partial charge in [0.05, 0.1) is 0 Å². The molecule has 3 aliphatic rings. The smallest absolute Gasteiger partial charge is 0.244 e. The van der Waals surface area contributed by atoms with Crippen molar-refractivity contribution >= 4 is 23.6 Å². The molecule has 2 amide bonds. The van der Waals surface area contributed by atoms with Crippen LogP contribution in [0.5, 0.6) is 0 Å². The van der Waals surface area contributed by atoms with Gasteiger partial charge in [-0.2, -0.15) is 0 Å². The van der Waals surface area contributed by atoms with E-state index in [4.69, 9.17) is 0 Å². The van der Waals surface area contributed by atoms with Crippen LogP contribution in [-0.2, 0) is 9.59 Å². The second kappa shape index (κ2) is 8.46. The number of carbonyl (C=O) groups excluding carboxylic acids is 2. The first kappa shape index (κ1) is 20.3. The highest BCUT2D eigenvalue weighted by atomic mass is 16.2. The lowest BCUT2D eigenvalue weighted by Crippen LogP contribution is -2.38. The molecule has 0 saturated heterocycles. The first-order chi connectivity index (χ1) is 15.6. The van der Waals surface area contributed by atoms with E-state index in [2.05, 4.69) is 59.2 Å². The van der Waals surface area contributed by atoms with E-state index < -0.39 is 0 Å². The third-order valence-corrected chi connectivity index (χ3v) is 6.62. The monoisotopic (exact) mass is 422 g/mol. The number of anilines is 1. The summed E-state index contributed by atoms with van der Waals surface area (Å²) >= 11 is 0. The minimum absolute atomic E-state index is 0.0843. The van der Waals surface area contributed by atoms with Gasteiger partial charge in [0.1, 0.15) is 0 Å². The van der Waals surface area contributed by atoms with E-state index in [9.17, 15) is 9.59 Å². The van der Waals surface area contributed by atoms with Crippen LogP contribution < -0.4 is 10.6 Å². The van der Waals surface area contributed by atoms with Gasteiger partial charge in [0, 0.05) is 37.1 Å². The molecule has 0 fully saturated rings. The van der Waals surface area contributed by atoms with Crippen molar-refractivity contribution in [3.05, 3.63) is 107 Å². The van der Waals surface area contributed by atoms with Gasteiger partial charge in [-0.05, 0) is 58.4 Å². The van der Waals surface area contributed by atoms with Gasteiger partial charge in [-0.25, -0.2) is 0 Å². The summed E-state index contributed by atoms with van der Waals surface area (Å²) in [4.78, 5) is 23.6. The summed E-state index contributed by atoms with van der Waals surface area (Å²) in [5.74, 6) is 0.942. The van der Waals surface area contributed by atoms with Gasteiger partial charge in [0.2, 0.25) is 11.8 Å². The Labute approximate surface area is 188 Å². The number of nitrogens with one attached hydrogen (secondary N) is 2. The third kappa shape index (κ3) is 3.84. The standard InChI is InChI=1S/C28H26N2O2/c1-18(31)30-21-13-10-19(11-14-21)12-15-27(32)29-17-20-16-26-22-6-2-4-8-24(22)28(20)25-9-5-3-7-23(25)26/h2-15,20,26,28H,16-17H2,1H3,(H,29,32)(H,30,31). The molecule has 2 N–H and O–H groups in total. The third-order valence-electron chi connectivity index (χ3n) is 6.62. The molecule has 1 atom stereocenters. The van der Waals surface area contributed by atoms with Crippen LogP contribution in [0.25, 0.3) is 6.08 Å². The minimum atomic E-state index is -0.102. The fraction of sp³-hybridized carbons (Fsp3) is 0.214. The van der Waals surface area contributed by atoms with Gasteiger partial charge in [0.25, 0.3) is 0 Å². The Balaban J connectivity index is 1.26. The van der Waals surface area contributed by atoms with Gasteiger partial charge in [0.15, 0.2) is 0 Å². The maximum absolute atomic E-state index is 12.5. The molecule has 2 bridgehead atoms. The normalized spacial score (nSPS) is 20.5. The Morgan fingerprint density at radius 1 is 0.875 bits per heavy atom. The molecular formula is C28H26N2O2. The number of fused-ring (bicyclic) bond motifs is 1. The SMILES string of the molecule is CC(=O)Nc1ccc(C=CC(=O)NCC2CC3c4ccccc4C2c2ccccc23)cc1. The lowest BCUT2D eigenvalue weighted by Gasteiger charge is -2.45. The summed E-state index contributed by atoms with van der Waals surface area (Å²) in [6, 6.07) is 24.9. The van der Waals surface area contributed by atoms with Crippen molar-refractivity contribution in [1.29, 1.82) is 0 Å². The Hall–Kier alpha value is -3.66. The van der Waals surface area contributed by atoms with E-state index in [0.717, 1.165) is 17.7 Å². The molecule has 0 aliphatic heterocycles. The number of rotatable bonds is 5. The summed E-state index contributed by atoms with van der Waals surface area (Å²) in [5, 5.41) is 5.86. The van der Waals surface area contributed by atoms with Crippen molar-refractivity contribution in [3.8, 4) is 0 Å². The van der Waals surface area contributed by atoms with Crippen molar-refractivity contribution in [3.63, 3.8) is 0 Å². The maximum Gasteiger partial charge on any atom is 0.244 e. The summed E-state index contributed by atoms with van der Waals surface area (Å²) in [5.41, 5.74) is 7.37. The number of hydrogen-bond donors (Lipinski definition) is 2. The highest BCUT2D eigenvalue weighted by molar-refractivity contribution is 5.92. The lowest BCUT2D eigenvalue weighted by molar-refractivity contribution is -0.116. The average Bonchev–Trinajstić information content (AvgIpc) is 2.82. The zero-order chi connectivity index (χ0) is 22.1. The predicted molar refractivity (Wildman–Crippen MR) is 127 cm³/mol. The number of hydrogen-bond acceptors (Lipinski definition) is 2. The lowest BCUT2D eigenvalue weighted by atomic mass is 9.59. The molecule has 0 spiro atoms. The Morgan fingerprint density at radius 2 is 1.47 bits per heavy atom. The second-order valence-corrected chi connectivity index (χ2v) is 8.67. The fourth-order valence-electron chi connectivity index (χ4n) is 5.30. The van der Waals surface area contributed by atoms with Gasteiger partial charge < -0.3 is 10.6 Å².